The van der Waals surface area contributed by atoms with Crippen LogP contribution in [0.2, 0.25) is 0 Å². The first-order valence-electron chi connectivity index (χ1n) is 13.6. The fourth-order valence-electron chi connectivity index (χ4n) is 5.04. The van der Waals surface area contributed by atoms with Gasteiger partial charge in [0.1, 0.15) is 32.3 Å². The maximum atomic E-state index is 12.3. The first-order chi connectivity index (χ1) is 18.3. The molecule has 0 spiro atoms. The lowest BCUT2D eigenvalue weighted by atomic mass is 9.97. The summed E-state index contributed by atoms with van der Waals surface area (Å²) >= 11 is 1.52. The van der Waals surface area contributed by atoms with E-state index < -0.39 is 27.6 Å². The Balaban J connectivity index is 1.54. The topological polar surface area (TPSA) is 150 Å². The van der Waals surface area contributed by atoms with E-state index in [1.54, 1.807) is 6.92 Å². The van der Waals surface area contributed by atoms with E-state index in [1.165, 1.54) is 11.3 Å². The number of hydrogen-bond donors (Lipinski definition) is 4. The molecule has 5 rings (SSSR count). The van der Waals surface area contributed by atoms with Crippen LogP contribution in [0.1, 0.15) is 70.7 Å². The fourth-order valence-corrected chi connectivity index (χ4v) is 7.35. The molecule has 2 saturated carbocycles. The maximum absolute atomic E-state index is 12.3. The highest BCUT2D eigenvalue weighted by Crippen LogP contribution is 2.45. The number of pyridine rings is 1. The van der Waals surface area contributed by atoms with Crippen molar-refractivity contribution in [1.29, 1.82) is 0 Å². The molecule has 0 bridgehead atoms. The second-order valence-corrected chi connectivity index (χ2v) is 15.5. The molecule has 12 heteroatoms. The van der Waals surface area contributed by atoms with Crippen LogP contribution in [-0.2, 0) is 9.84 Å². The molecule has 3 heterocycles. The summed E-state index contributed by atoms with van der Waals surface area (Å²) in [6, 6.07) is 1.96. The summed E-state index contributed by atoms with van der Waals surface area (Å²) in [6.45, 7) is 10.4. The lowest BCUT2D eigenvalue weighted by Gasteiger charge is -2.31. The quantitative estimate of drug-likeness (QED) is 0.275. The van der Waals surface area contributed by atoms with Crippen molar-refractivity contribution < 1.29 is 18.6 Å². The second-order valence-electron chi connectivity index (χ2n) is 12.1. The van der Waals surface area contributed by atoms with Gasteiger partial charge in [-0.2, -0.15) is 4.98 Å². The van der Waals surface area contributed by atoms with E-state index in [9.17, 15) is 18.6 Å². The van der Waals surface area contributed by atoms with E-state index in [1.807, 2.05) is 19.2 Å². The predicted octanol–water partition coefficient (Wildman–Crippen LogP) is 4.10. The van der Waals surface area contributed by atoms with Crippen molar-refractivity contribution in [3.8, 4) is 10.6 Å². The van der Waals surface area contributed by atoms with Gasteiger partial charge in [-0.15, -0.1) is 11.3 Å². The first kappa shape index (κ1) is 28.1. The molecular weight excluding hydrogens is 536 g/mol. The van der Waals surface area contributed by atoms with Gasteiger partial charge in [0, 0.05) is 30.3 Å². The number of aryl methyl sites for hydroxylation is 1. The molecule has 0 saturated heterocycles. The van der Waals surface area contributed by atoms with E-state index in [2.05, 4.69) is 36.4 Å². The van der Waals surface area contributed by atoms with Crippen molar-refractivity contribution in [3.63, 3.8) is 0 Å². The van der Waals surface area contributed by atoms with Gasteiger partial charge in [0.2, 0.25) is 5.95 Å². The van der Waals surface area contributed by atoms with E-state index in [-0.39, 0.29) is 23.3 Å². The van der Waals surface area contributed by atoms with Crippen LogP contribution in [-0.4, -0.2) is 68.4 Å². The van der Waals surface area contributed by atoms with Crippen molar-refractivity contribution in [1.82, 2.24) is 19.9 Å². The van der Waals surface area contributed by atoms with Gasteiger partial charge in [0.05, 0.1) is 27.4 Å². The third-order valence-electron chi connectivity index (χ3n) is 7.45. The number of aliphatic hydroxyl groups is 2. The van der Waals surface area contributed by atoms with Gasteiger partial charge in [-0.25, -0.2) is 18.4 Å². The van der Waals surface area contributed by atoms with Crippen molar-refractivity contribution in [2.45, 2.75) is 78.0 Å². The lowest BCUT2D eigenvalue weighted by molar-refractivity contribution is -0.0442. The molecule has 0 aromatic carbocycles. The normalized spacial score (nSPS) is 23.9. The zero-order chi connectivity index (χ0) is 28.2. The van der Waals surface area contributed by atoms with Gasteiger partial charge in [0.25, 0.3) is 0 Å². The average molecular weight is 575 g/mol. The Kier molecular flexibility index (Phi) is 7.36. The zero-order valence-corrected chi connectivity index (χ0v) is 24.8. The third kappa shape index (κ3) is 6.03. The third-order valence-corrected chi connectivity index (χ3v) is 10.3. The van der Waals surface area contributed by atoms with Crippen molar-refractivity contribution in [2.24, 2.45) is 11.3 Å². The molecular formula is C27H38N6O4S2. The van der Waals surface area contributed by atoms with Crippen molar-refractivity contribution in [3.05, 3.63) is 23.7 Å². The number of rotatable bonds is 9. The molecule has 39 heavy (non-hydrogen) atoms. The molecule has 0 unspecified atom stereocenters. The highest BCUT2D eigenvalue weighted by atomic mass is 32.2. The molecule has 10 nitrogen and oxygen atoms in total. The van der Waals surface area contributed by atoms with Crippen LogP contribution in [0.5, 0.6) is 0 Å². The summed E-state index contributed by atoms with van der Waals surface area (Å²) in [5.74, 6) is 0.434. The largest absolute Gasteiger partial charge is 0.388 e. The number of aliphatic hydroxyl groups excluding tert-OH is 1. The Bertz CT molecular complexity index is 1480. The standard InChI is InChI=1S/C27H38N6O4S2/c1-6-39(36,37)13-17-9-11-27(35,22(17)34)33-23-19(15(2)30-25(32-23)29-14-26(3,4)5)24-31-21-18(38-24)10-12-28-20(21)16-7-8-16/h10,12,16-17,22,34-35H,6-9,11,13-14H2,1-5H3,(H2,29,30,32,33)/t17-,22-,27+/m1/s1. The lowest BCUT2D eigenvalue weighted by Crippen LogP contribution is -2.48. The van der Waals surface area contributed by atoms with Crippen molar-refractivity contribution >= 4 is 43.2 Å². The number of nitrogens with zero attached hydrogens (tertiary/aromatic N) is 4. The minimum atomic E-state index is -3.31. The summed E-state index contributed by atoms with van der Waals surface area (Å²) in [7, 11) is -3.31. The molecule has 0 amide bonds. The van der Waals surface area contributed by atoms with Crippen LogP contribution in [0.25, 0.3) is 20.8 Å². The number of nitrogens with one attached hydrogen (secondary N) is 2. The Labute approximate surface area is 233 Å². The highest BCUT2D eigenvalue weighted by Gasteiger charge is 2.48. The fraction of sp³-hybridized carbons (Fsp3) is 0.630. The Morgan fingerprint density at radius 1 is 1.18 bits per heavy atom. The molecule has 4 N–H and O–H groups in total. The molecule has 2 aliphatic rings. The maximum Gasteiger partial charge on any atom is 0.224 e. The SMILES string of the molecule is CCS(=O)(=O)C[C@H]1CC[C@@](O)(Nc2nc(NCC(C)(C)C)nc(C)c2-c2nc3c(C4CC4)nccc3s2)[C@@H]1O. The van der Waals surface area contributed by atoms with Gasteiger partial charge in [0.15, 0.2) is 5.72 Å². The molecule has 3 aromatic heterocycles. The molecule has 0 aliphatic heterocycles. The summed E-state index contributed by atoms with van der Waals surface area (Å²) in [6.07, 6.45) is 3.32. The number of sulfone groups is 1. The van der Waals surface area contributed by atoms with Crippen LogP contribution in [0.15, 0.2) is 12.3 Å². The van der Waals surface area contributed by atoms with Gasteiger partial charge < -0.3 is 20.8 Å². The smallest absolute Gasteiger partial charge is 0.224 e. The van der Waals surface area contributed by atoms with Gasteiger partial charge in [-0.1, -0.05) is 27.7 Å². The minimum absolute atomic E-state index is 0.00452. The van der Waals surface area contributed by atoms with E-state index in [4.69, 9.17) is 15.0 Å². The summed E-state index contributed by atoms with van der Waals surface area (Å²) in [4.78, 5) is 19.0. The van der Waals surface area contributed by atoms with Crippen molar-refractivity contribution in [2.75, 3.05) is 28.7 Å². The van der Waals surface area contributed by atoms with E-state index >= 15 is 0 Å². The summed E-state index contributed by atoms with van der Waals surface area (Å²) in [5, 5.41) is 29.8. The van der Waals surface area contributed by atoms with Crippen LogP contribution in [0.3, 0.4) is 0 Å². The second kappa shape index (κ2) is 10.2. The highest BCUT2D eigenvalue weighted by molar-refractivity contribution is 7.91. The first-order valence-corrected chi connectivity index (χ1v) is 16.2. The number of hydrogen-bond acceptors (Lipinski definition) is 11. The molecule has 2 aliphatic carbocycles. The summed E-state index contributed by atoms with van der Waals surface area (Å²) in [5.41, 5.74) is 1.44. The number of anilines is 2. The van der Waals surface area contributed by atoms with Crippen LogP contribution in [0.4, 0.5) is 11.8 Å². The predicted molar refractivity (Wildman–Crippen MR) is 155 cm³/mol. The molecule has 0 radical (unpaired) electrons. The number of thiazole rings is 1. The monoisotopic (exact) mass is 574 g/mol. The van der Waals surface area contributed by atoms with Gasteiger partial charge >= 0.3 is 0 Å². The molecule has 3 aromatic rings. The van der Waals surface area contributed by atoms with Crippen LogP contribution < -0.4 is 10.6 Å². The zero-order valence-electron chi connectivity index (χ0n) is 23.2. The molecule has 3 atom stereocenters. The number of fused-ring (bicyclic) bond motifs is 1. The molecule has 2 fully saturated rings. The van der Waals surface area contributed by atoms with Crippen LogP contribution in [0, 0.1) is 18.3 Å². The van der Waals surface area contributed by atoms with Gasteiger partial charge in [-0.05, 0) is 44.1 Å². The number of aromatic nitrogens is 4. The minimum Gasteiger partial charge on any atom is -0.388 e. The van der Waals surface area contributed by atoms with E-state index in [0.29, 0.717) is 46.9 Å². The Morgan fingerprint density at radius 3 is 2.59 bits per heavy atom. The van der Waals surface area contributed by atoms with Crippen LogP contribution >= 0.6 is 11.3 Å². The molecule has 212 valence electrons. The average Bonchev–Trinajstić information content (AvgIpc) is 3.56. The van der Waals surface area contributed by atoms with E-state index in [0.717, 1.165) is 28.8 Å². The Hall–Kier alpha value is -2.41. The Morgan fingerprint density at radius 2 is 1.92 bits per heavy atom. The van der Waals surface area contributed by atoms with Gasteiger partial charge in [-0.3, -0.25) is 4.98 Å². The summed E-state index contributed by atoms with van der Waals surface area (Å²) < 4.78 is 25.5.